The van der Waals surface area contributed by atoms with Gasteiger partial charge in [0.1, 0.15) is 12.4 Å². The van der Waals surface area contributed by atoms with Gasteiger partial charge in [-0.1, -0.05) is 49.4 Å². The number of hydrogen-bond donors (Lipinski definition) is 3. The molecule has 3 N–H and O–H groups in total. The van der Waals surface area contributed by atoms with E-state index in [2.05, 4.69) is 36.5 Å². The van der Waals surface area contributed by atoms with Gasteiger partial charge in [0, 0.05) is 6.54 Å². The summed E-state index contributed by atoms with van der Waals surface area (Å²) in [4.78, 5) is 18.2. The van der Waals surface area contributed by atoms with Crippen molar-refractivity contribution in [3.05, 3.63) is 65.7 Å². The van der Waals surface area contributed by atoms with Gasteiger partial charge in [-0.3, -0.25) is 0 Å². The first kappa shape index (κ1) is 20.2. The Bertz CT molecular complexity index is 629. The summed E-state index contributed by atoms with van der Waals surface area (Å²) in [7, 11) is 0. The van der Waals surface area contributed by atoms with Crippen molar-refractivity contribution in [2.24, 2.45) is 0 Å². The van der Waals surface area contributed by atoms with E-state index in [4.69, 9.17) is 24.5 Å². The molecule has 0 atom stereocenters. The van der Waals surface area contributed by atoms with E-state index in [0.717, 1.165) is 25.3 Å². The van der Waals surface area contributed by atoms with Gasteiger partial charge in [-0.25, -0.2) is 9.59 Å². The average molecular weight is 345 g/mol. The SMILES string of the molecule is CCCNCc1ccc(OCc2ccccc2)cc1.O=C(O)C(=O)O. The lowest BCUT2D eigenvalue weighted by molar-refractivity contribution is -0.159. The van der Waals surface area contributed by atoms with E-state index in [-0.39, 0.29) is 0 Å². The molecule has 0 unspecified atom stereocenters. The summed E-state index contributed by atoms with van der Waals surface area (Å²) in [5, 5.41) is 18.2. The first-order valence-corrected chi connectivity index (χ1v) is 7.95. The van der Waals surface area contributed by atoms with Gasteiger partial charge >= 0.3 is 11.9 Å². The van der Waals surface area contributed by atoms with Gasteiger partial charge in [0.25, 0.3) is 0 Å². The summed E-state index contributed by atoms with van der Waals surface area (Å²) < 4.78 is 5.75. The van der Waals surface area contributed by atoms with E-state index in [1.807, 2.05) is 30.3 Å². The molecule has 0 aliphatic carbocycles. The van der Waals surface area contributed by atoms with Crippen LogP contribution in [0.5, 0.6) is 5.75 Å². The Morgan fingerprint density at radius 1 is 0.920 bits per heavy atom. The average Bonchev–Trinajstić information content (AvgIpc) is 2.62. The van der Waals surface area contributed by atoms with E-state index in [0.29, 0.717) is 6.61 Å². The van der Waals surface area contributed by atoms with Crippen molar-refractivity contribution in [1.82, 2.24) is 5.32 Å². The third-order valence-electron chi connectivity index (χ3n) is 3.11. The van der Waals surface area contributed by atoms with Crippen molar-refractivity contribution in [3.8, 4) is 5.75 Å². The van der Waals surface area contributed by atoms with Gasteiger partial charge in [-0.05, 0) is 36.2 Å². The van der Waals surface area contributed by atoms with Crippen LogP contribution in [0, 0.1) is 0 Å². The number of aliphatic carboxylic acids is 2. The maximum atomic E-state index is 9.10. The molecule has 0 radical (unpaired) electrons. The molecule has 2 aromatic carbocycles. The highest BCUT2D eigenvalue weighted by Crippen LogP contribution is 2.14. The largest absolute Gasteiger partial charge is 0.489 e. The van der Waals surface area contributed by atoms with Crippen LogP contribution in [-0.2, 0) is 22.7 Å². The molecule has 0 aliphatic rings. The zero-order valence-corrected chi connectivity index (χ0v) is 14.1. The molecule has 2 aromatic rings. The molecular formula is C19H23NO5. The Kier molecular flexibility index (Phi) is 9.40. The Morgan fingerprint density at radius 3 is 2.04 bits per heavy atom. The Labute approximate surface area is 147 Å². The molecule has 6 heteroatoms. The van der Waals surface area contributed by atoms with Gasteiger partial charge in [-0.15, -0.1) is 0 Å². The number of ether oxygens (including phenoxy) is 1. The summed E-state index contributed by atoms with van der Waals surface area (Å²) in [5.74, 6) is -2.73. The van der Waals surface area contributed by atoms with Crippen LogP contribution in [-0.4, -0.2) is 28.7 Å². The van der Waals surface area contributed by atoms with Gasteiger partial charge in [0.2, 0.25) is 0 Å². The fourth-order valence-electron chi connectivity index (χ4n) is 1.85. The molecule has 6 nitrogen and oxygen atoms in total. The minimum atomic E-state index is -1.82. The number of carboxylic acids is 2. The van der Waals surface area contributed by atoms with Crippen molar-refractivity contribution in [3.63, 3.8) is 0 Å². The summed E-state index contributed by atoms with van der Waals surface area (Å²) in [6, 6.07) is 18.5. The quantitative estimate of drug-likeness (QED) is 0.527. The van der Waals surface area contributed by atoms with Crippen molar-refractivity contribution >= 4 is 11.9 Å². The van der Waals surface area contributed by atoms with Crippen LogP contribution < -0.4 is 10.1 Å². The lowest BCUT2D eigenvalue weighted by Gasteiger charge is -2.08. The van der Waals surface area contributed by atoms with Crippen LogP contribution in [0.15, 0.2) is 54.6 Å². The van der Waals surface area contributed by atoms with E-state index in [1.54, 1.807) is 0 Å². The third-order valence-corrected chi connectivity index (χ3v) is 3.11. The van der Waals surface area contributed by atoms with Crippen LogP contribution in [0.4, 0.5) is 0 Å². The monoisotopic (exact) mass is 345 g/mol. The Balaban J connectivity index is 0.000000450. The molecule has 25 heavy (non-hydrogen) atoms. The van der Waals surface area contributed by atoms with Crippen molar-refractivity contribution in [2.45, 2.75) is 26.5 Å². The molecule has 2 rings (SSSR count). The zero-order valence-electron chi connectivity index (χ0n) is 14.1. The third kappa shape index (κ3) is 9.12. The normalized spacial score (nSPS) is 9.64. The van der Waals surface area contributed by atoms with Crippen LogP contribution in [0.25, 0.3) is 0 Å². The lowest BCUT2D eigenvalue weighted by Crippen LogP contribution is -2.13. The lowest BCUT2D eigenvalue weighted by atomic mass is 10.2. The highest BCUT2D eigenvalue weighted by molar-refractivity contribution is 6.27. The number of rotatable bonds is 7. The predicted molar refractivity (Wildman–Crippen MR) is 94.5 cm³/mol. The van der Waals surface area contributed by atoms with Gasteiger partial charge in [0.05, 0.1) is 0 Å². The molecule has 0 aromatic heterocycles. The van der Waals surface area contributed by atoms with Crippen molar-refractivity contribution < 1.29 is 24.5 Å². The zero-order chi connectivity index (χ0) is 18.5. The second kappa shape index (κ2) is 11.6. The van der Waals surface area contributed by atoms with Gasteiger partial charge in [0.15, 0.2) is 0 Å². The van der Waals surface area contributed by atoms with Crippen LogP contribution in [0.3, 0.4) is 0 Å². The minimum Gasteiger partial charge on any atom is -0.489 e. The van der Waals surface area contributed by atoms with Crippen molar-refractivity contribution in [2.75, 3.05) is 6.54 Å². The Morgan fingerprint density at radius 2 is 1.52 bits per heavy atom. The summed E-state index contributed by atoms with van der Waals surface area (Å²) in [6.45, 7) is 4.78. The summed E-state index contributed by atoms with van der Waals surface area (Å²) in [5.41, 5.74) is 2.48. The summed E-state index contributed by atoms with van der Waals surface area (Å²) in [6.07, 6.45) is 1.16. The minimum absolute atomic E-state index is 0.619. The highest BCUT2D eigenvalue weighted by Gasteiger charge is 2.04. The number of benzene rings is 2. The molecular weight excluding hydrogens is 322 g/mol. The number of carboxylic acid groups (broad SMARTS) is 2. The molecule has 134 valence electrons. The molecule has 0 bridgehead atoms. The fourth-order valence-corrected chi connectivity index (χ4v) is 1.85. The second-order valence-corrected chi connectivity index (χ2v) is 5.21. The molecule has 0 aliphatic heterocycles. The molecule has 0 saturated heterocycles. The van der Waals surface area contributed by atoms with Crippen molar-refractivity contribution in [1.29, 1.82) is 0 Å². The highest BCUT2D eigenvalue weighted by atomic mass is 16.5. The summed E-state index contributed by atoms with van der Waals surface area (Å²) >= 11 is 0. The molecule has 0 heterocycles. The van der Waals surface area contributed by atoms with E-state index in [9.17, 15) is 0 Å². The van der Waals surface area contributed by atoms with Crippen LogP contribution in [0.1, 0.15) is 24.5 Å². The van der Waals surface area contributed by atoms with E-state index >= 15 is 0 Å². The topological polar surface area (TPSA) is 95.9 Å². The maximum absolute atomic E-state index is 9.10. The maximum Gasteiger partial charge on any atom is 0.414 e. The van der Waals surface area contributed by atoms with E-state index in [1.165, 1.54) is 11.1 Å². The number of nitrogens with one attached hydrogen (secondary N) is 1. The van der Waals surface area contributed by atoms with Crippen LogP contribution >= 0.6 is 0 Å². The van der Waals surface area contributed by atoms with Gasteiger partial charge in [-0.2, -0.15) is 0 Å². The molecule has 0 amide bonds. The first-order valence-electron chi connectivity index (χ1n) is 7.95. The van der Waals surface area contributed by atoms with E-state index < -0.39 is 11.9 Å². The molecule has 0 saturated carbocycles. The van der Waals surface area contributed by atoms with Crippen LogP contribution in [0.2, 0.25) is 0 Å². The Hall–Kier alpha value is -2.86. The first-order chi connectivity index (χ1) is 12.0. The number of hydrogen-bond acceptors (Lipinski definition) is 4. The molecule has 0 fully saturated rings. The predicted octanol–water partition coefficient (Wildman–Crippen LogP) is 2.92. The number of carbonyl (C=O) groups is 2. The molecule has 0 spiro atoms. The fraction of sp³-hybridized carbons (Fsp3) is 0.263. The standard InChI is InChI=1S/C17H21NO.C2H2O4/c1-2-12-18-13-15-8-10-17(11-9-15)19-14-16-6-4-3-5-7-16;3-1(4)2(5)6/h3-11,18H,2,12-14H2,1H3;(H,3,4)(H,5,6). The van der Waals surface area contributed by atoms with Gasteiger partial charge < -0.3 is 20.3 Å². The smallest absolute Gasteiger partial charge is 0.414 e. The second-order valence-electron chi connectivity index (χ2n) is 5.21.